The topological polar surface area (TPSA) is 104 Å². The molecule has 0 atom stereocenters. The van der Waals surface area contributed by atoms with Crippen LogP contribution in [0.4, 0.5) is 5.82 Å². The summed E-state index contributed by atoms with van der Waals surface area (Å²) in [5, 5.41) is 9.19. The standard InChI is InChI=1S/C19H21N5O2/c1-13-7-6-10-24-17(13)22-18(23-8-4-2-3-5-9-23)15(19(24)26)11-14(12-20)16(21)25/h6-7,10-11H,2-5,8-9H2,1H3,(H2,21,25)/b14-11-. The lowest BCUT2D eigenvalue weighted by Gasteiger charge is -2.24. The molecule has 0 aromatic carbocycles. The number of primary amides is 1. The first-order valence-corrected chi connectivity index (χ1v) is 8.71. The van der Waals surface area contributed by atoms with E-state index in [9.17, 15) is 14.9 Å². The third-order valence-electron chi connectivity index (χ3n) is 4.64. The molecule has 134 valence electrons. The zero-order valence-corrected chi connectivity index (χ0v) is 14.7. The Bertz CT molecular complexity index is 976. The minimum Gasteiger partial charge on any atom is -0.365 e. The van der Waals surface area contributed by atoms with Gasteiger partial charge in [-0.1, -0.05) is 18.9 Å². The second-order valence-electron chi connectivity index (χ2n) is 6.47. The van der Waals surface area contributed by atoms with Gasteiger partial charge >= 0.3 is 0 Å². The molecule has 26 heavy (non-hydrogen) atoms. The molecule has 1 aliphatic rings. The van der Waals surface area contributed by atoms with Crippen LogP contribution in [0.1, 0.15) is 36.8 Å². The van der Waals surface area contributed by atoms with Gasteiger partial charge in [-0.2, -0.15) is 5.26 Å². The Morgan fingerprint density at radius 1 is 1.31 bits per heavy atom. The molecule has 3 heterocycles. The lowest BCUT2D eigenvalue weighted by atomic mass is 10.1. The smallest absolute Gasteiger partial charge is 0.267 e. The van der Waals surface area contributed by atoms with Crippen LogP contribution in [0.2, 0.25) is 0 Å². The van der Waals surface area contributed by atoms with Gasteiger partial charge in [-0.25, -0.2) is 4.98 Å². The highest BCUT2D eigenvalue weighted by atomic mass is 16.1. The average Bonchev–Trinajstić information content (AvgIpc) is 2.90. The van der Waals surface area contributed by atoms with Gasteiger partial charge in [0.25, 0.3) is 11.5 Å². The third kappa shape index (κ3) is 3.31. The number of hydrogen-bond donors (Lipinski definition) is 1. The van der Waals surface area contributed by atoms with E-state index in [-0.39, 0.29) is 16.7 Å². The fourth-order valence-electron chi connectivity index (χ4n) is 3.25. The highest BCUT2D eigenvalue weighted by Gasteiger charge is 2.20. The average molecular weight is 351 g/mol. The van der Waals surface area contributed by atoms with E-state index < -0.39 is 5.91 Å². The predicted molar refractivity (Wildman–Crippen MR) is 99.7 cm³/mol. The number of carbonyl (C=O) groups excluding carboxylic acids is 1. The lowest BCUT2D eigenvalue weighted by molar-refractivity contribution is -0.114. The first-order chi connectivity index (χ1) is 12.5. The van der Waals surface area contributed by atoms with Crippen LogP contribution in [0, 0.1) is 18.3 Å². The summed E-state index contributed by atoms with van der Waals surface area (Å²) < 4.78 is 1.44. The fraction of sp³-hybridized carbons (Fsp3) is 0.368. The van der Waals surface area contributed by atoms with Gasteiger partial charge in [0.15, 0.2) is 0 Å². The molecule has 2 aromatic rings. The molecule has 2 aromatic heterocycles. The molecule has 7 nitrogen and oxygen atoms in total. The number of pyridine rings is 1. The SMILES string of the molecule is Cc1cccn2c(=O)c(/C=C(/C#N)C(N)=O)c(N3CCCCCC3)nc12. The van der Waals surface area contributed by atoms with Gasteiger partial charge in [-0.15, -0.1) is 0 Å². The summed E-state index contributed by atoms with van der Waals surface area (Å²) in [7, 11) is 0. The van der Waals surface area contributed by atoms with Crippen molar-refractivity contribution in [2.24, 2.45) is 5.73 Å². The van der Waals surface area contributed by atoms with Crippen LogP contribution in [0.15, 0.2) is 28.7 Å². The summed E-state index contributed by atoms with van der Waals surface area (Å²) in [4.78, 5) is 31.4. The van der Waals surface area contributed by atoms with Crippen LogP contribution in [0.25, 0.3) is 11.7 Å². The van der Waals surface area contributed by atoms with Crippen molar-refractivity contribution in [2.45, 2.75) is 32.6 Å². The molecule has 0 spiro atoms. The van der Waals surface area contributed by atoms with Crippen molar-refractivity contribution >= 4 is 23.4 Å². The minimum atomic E-state index is -0.858. The number of fused-ring (bicyclic) bond motifs is 1. The summed E-state index contributed by atoms with van der Waals surface area (Å²) in [5.74, 6) is -0.344. The van der Waals surface area contributed by atoms with E-state index in [1.165, 1.54) is 10.5 Å². The van der Waals surface area contributed by atoms with Gasteiger partial charge in [-0.05, 0) is 37.5 Å². The van der Waals surface area contributed by atoms with Gasteiger partial charge in [0, 0.05) is 19.3 Å². The normalized spacial score (nSPS) is 15.5. The Balaban J connectivity index is 2.30. The largest absolute Gasteiger partial charge is 0.365 e. The molecule has 0 saturated carbocycles. The number of nitrogens with two attached hydrogens (primary N) is 1. The van der Waals surface area contributed by atoms with Crippen LogP contribution >= 0.6 is 0 Å². The number of hydrogen-bond acceptors (Lipinski definition) is 5. The monoisotopic (exact) mass is 351 g/mol. The predicted octanol–water partition coefficient (Wildman–Crippen LogP) is 1.78. The molecule has 0 aliphatic carbocycles. The molecule has 0 radical (unpaired) electrons. The van der Waals surface area contributed by atoms with Crippen molar-refractivity contribution in [2.75, 3.05) is 18.0 Å². The Hall–Kier alpha value is -3.14. The highest BCUT2D eigenvalue weighted by molar-refractivity contribution is 6.01. The van der Waals surface area contributed by atoms with E-state index in [1.54, 1.807) is 18.3 Å². The number of amides is 1. The van der Waals surface area contributed by atoms with Crippen molar-refractivity contribution < 1.29 is 4.79 Å². The Morgan fingerprint density at radius 2 is 2.00 bits per heavy atom. The molecule has 0 bridgehead atoms. The maximum absolute atomic E-state index is 13.1. The molecule has 1 amide bonds. The first-order valence-electron chi connectivity index (χ1n) is 8.71. The summed E-state index contributed by atoms with van der Waals surface area (Å²) in [6, 6.07) is 5.44. The second-order valence-corrected chi connectivity index (χ2v) is 6.47. The molecular formula is C19H21N5O2. The number of anilines is 1. The van der Waals surface area contributed by atoms with E-state index in [2.05, 4.69) is 4.90 Å². The molecule has 0 unspecified atom stereocenters. The number of carbonyl (C=O) groups is 1. The van der Waals surface area contributed by atoms with Gasteiger partial charge in [0.2, 0.25) is 0 Å². The lowest BCUT2D eigenvalue weighted by Crippen LogP contribution is -2.30. The van der Waals surface area contributed by atoms with Crippen LogP contribution in [-0.4, -0.2) is 28.4 Å². The van der Waals surface area contributed by atoms with E-state index in [1.807, 2.05) is 13.0 Å². The molecule has 2 N–H and O–H groups in total. The van der Waals surface area contributed by atoms with Crippen LogP contribution in [-0.2, 0) is 4.79 Å². The molecule has 1 saturated heterocycles. The Morgan fingerprint density at radius 3 is 2.62 bits per heavy atom. The summed E-state index contributed by atoms with van der Waals surface area (Å²) in [6.07, 6.45) is 7.21. The maximum atomic E-state index is 13.1. The van der Waals surface area contributed by atoms with Crippen LogP contribution in [0.3, 0.4) is 0 Å². The fourth-order valence-corrected chi connectivity index (χ4v) is 3.25. The summed E-state index contributed by atoms with van der Waals surface area (Å²) in [6.45, 7) is 3.47. The second kappa shape index (κ2) is 7.40. The maximum Gasteiger partial charge on any atom is 0.267 e. The number of aromatic nitrogens is 2. The summed E-state index contributed by atoms with van der Waals surface area (Å²) in [5.41, 5.74) is 6.38. The third-order valence-corrected chi connectivity index (χ3v) is 4.64. The van der Waals surface area contributed by atoms with E-state index in [4.69, 9.17) is 10.7 Å². The molecule has 7 heteroatoms. The molecule has 3 rings (SSSR count). The minimum absolute atomic E-state index is 0.227. The van der Waals surface area contributed by atoms with Gasteiger partial charge in [0.05, 0.1) is 5.56 Å². The van der Waals surface area contributed by atoms with Crippen LogP contribution in [0.5, 0.6) is 0 Å². The molecular weight excluding hydrogens is 330 g/mol. The van der Waals surface area contributed by atoms with Crippen molar-refractivity contribution in [3.63, 3.8) is 0 Å². The van der Waals surface area contributed by atoms with Gasteiger partial charge in [0.1, 0.15) is 23.1 Å². The summed E-state index contributed by atoms with van der Waals surface area (Å²) >= 11 is 0. The highest BCUT2D eigenvalue weighted by Crippen LogP contribution is 2.23. The van der Waals surface area contributed by atoms with E-state index in [0.29, 0.717) is 11.5 Å². The van der Waals surface area contributed by atoms with Gasteiger partial charge in [-0.3, -0.25) is 14.0 Å². The van der Waals surface area contributed by atoms with Crippen molar-refractivity contribution in [1.82, 2.24) is 9.38 Å². The Labute approximate surface area is 151 Å². The van der Waals surface area contributed by atoms with Gasteiger partial charge < -0.3 is 10.6 Å². The van der Waals surface area contributed by atoms with E-state index >= 15 is 0 Å². The number of rotatable bonds is 3. The van der Waals surface area contributed by atoms with E-state index in [0.717, 1.165) is 44.3 Å². The van der Waals surface area contributed by atoms with Crippen LogP contribution < -0.4 is 16.2 Å². The first kappa shape index (κ1) is 17.7. The van der Waals surface area contributed by atoms with Crippen molar-refractivity contribution in [3.05, 3.63) is 45.4 Å². The zero-order chi connectivity index (χ0) is 18.7. The van der Waals surface area contributed by atoms with Crippen molar-refractivity contribution in [3.8, 4) is 6.07 Å². The van der Waals surface area contributed by atoms with Crippen molar-refractivity contribution in [1.29, 1.82) is 5.26 Å². The Kier molecular flexibility index (Phi) is 5.03. The molecule has 1 fully saturated rings. The number of nitrogens with zero attached hydrogens (tertiary/aromatic N) is 4. The number of aryl methyl sites for hydroxylation is 1. The molecule has 1 aliphatic heterocycles. The zero-order valence-electron chi connectivity index (χ0n) is 14.7. The number of nitriles is 1. The quantitative estimate of drug-likeness (QED) is 0.670.